The molecule has 1 atom stereocenters. The Labute approximate surface area is 115 Å². The predicted octanol–water partition coefficient (Wildman–Crippen LogP) is 2.35. The number of halogens is 2. The summed E-state index contributed by atoms with van der Waals surface area (Å²) in [6.45, 7) is 1.78. The first kappa shape index (κ1) is 14.4. The second-order valence-corrected chi connectivity index (χ2v) is 4.97. The first-order chi connectivity index (χ1) is 9.40. The summed E-state index contributed by atoms with van der Waals surface area (Å²) < 4.78 is 27.3. The highest BCUT2D eigenvalue weighted by Gasteiger charge is 2.32. The third-order valence-corrected chi connectivity index (χ3v) is 3.53. The van der Waals surface area contributed by atoms with Crippen LogP contribution in [0.3, 0.4) is 0 Å². The third kappa shape index (κ3) is 2.79. The Kier molecular flexibility index (Phi) is 4.01. The van der Waals surface area contributed by atoms with E-state index in [0.717, 1.165) is 12.1 Å². The molecule has 1 N–H and O–H groups in total. The molecule has 0 aliphatic carbocycles. The monoisotopic (exact) mass is 283 g/mol. The van der Waals surface area contributed by atoms with Gasteiger partial charge in [-0.05, 0) is 37.5 Å². The molecule has 1 aromatic carbocycles. The van der Waals surface area contributed by atoms with Crippen LogP contribution in [-0.4, -0.2) is 34.5 Å². The smallest absolute Gasteiger partial charge is 0.305 e. The van der Waals surface area contributed by atoms with E-state index in [2.05, 4.69) is 0 Å². The molecule has 20 heavy (non-hydrogen) atoms. The van der Waals surface area contributed by atoms with Gasteiger partial charge in [-0.1, -0.05) is 0 Å². The molecule has 0 saturated carbocycles. The number of hydrogen-bond acceptors (Lipinski definition) is 2. The van der Waals surface area contributed by atoms with E-state index in [1.165, 1.54) is 11.8 Å². The second-order valence-electron chi connectivity index (χ2n) is 4.97. The van der Waals surface area contributed by atoms with E-state index in [-0.39, 0.29) is 17.5 Å². The number of carboxylic acids is 1. The van der Waals surface area contributed by atoms with Crippen molar-refractivity contribution in [2.75, 3.05) is 6.54 Å². The highest BCUT2D eigenvalue weighted by molar-refractivity contribution is 5.95. The van der Waals surface area contributed by atoms with Crippen molar-refractivity contribution in [2.24, 2.45) is 0 Å². The van der Waals surface area contributed by atoms with Crippen molar-refractivity contribution in [3.63, 3.8) is 0 Å². The quantitative estimate of drug-likeness (QED) is 0.926. The average molecular weight is 283 g/mol. The molecule has 0 aromatic heterocycles. The van der Waals surface area contributed by atoms with Gasteiger partial charge in [-0.25, -0.2) is 8.78 Å². The zero-order valence-electron chi connectivity index (χ0n) is 11.0. The Morgan fingerprint density at radius 1 is 1.35 bits per heavy atom. The normalized spacial score (nSPS) is 18.4. The number of carboxylic acid groups (broad SMARTS) is 1. The molecule has 0 bridgehead atoms. The van der Waals surface area contributed by atoms with E-state index < -0.39 is 29.6 Å². The molecule has 1 amide bonds. The summed E-state index contributed by atoms with van der Waals surface area (Å²) in [5.74, 6) is -3.09. The predicted molar refractivity (Wildman–Crippen MR) is 67.4 cm³/mol. The maximum absolute atomic E-state index is 13.8. The SMILES string of the molecule is Cc1cc(F)c(C(=O)N2CCCC2CC(=O)O)cc1F. The summed E-state index contributed by atoms with van der Waals surface area (Å²) in [5.41, 5.74) is -0.215. The van der Waals surface area contributed by atoms with Crippen molar-refractivity contribution in [1.82, 2.24) is 4.90 Å². The van der Waals surface area contributed by atoms with Gasteiger partial charge in [0.1, 0.15) is 11.6 Å². The molecule has 0 spiro atoms. The van der Waals surface area contributed by atoms with Gasteiger partial charge in [0.05, 0.1) is 12.0 Å². The number of rotatable bonds is 3. The molecule has 1 heterocycles. The van der Waals surface area contributed by atoms with E-state index in [1.54, 1.807) is 0 Å². The molecule has 108 valence electrons. The van der Waals surface area contributed by atoms with Crippen LogP contribution in [0.2, 0.25) is 0 Å². The molecule has 0 radical (unpaired) electrons. The number of benzene rings is 1. The van der Waals surface area contributed by atoms with Crippen LogP contribution in [0.1, 0.15) is 35.2 Å². The molecule has 4 nitrogen and oxygen atoms in total. The minimum absolute atomic E-state index is 0.127. The van der Waals surface area contributed by atoms with Gasteiger partial charge in [0, 0.05) is 12.6 Å². The summed E-state index contributed by atoms with van der Waals surface area (Å²) in [6.07, 6.45) is 1.05. The van der Waals surface area contributed by atoms with Crippen LogP contribution in [0.5, 0.6) is 0 Å². The molecule has 6 heteroatoms. The number of carbonyl (C=O) groups excluding carboxylic acids is 1. The minimum atomic E-state index is -1.01. The van der Waals surface area contributed by atoms with E-state index >= 15 is 0 Å². The van der Waals surface area contributed by atoms with Gasteiger partial charge in [0.15, 0.2) is 0 Å². The van der Waals surface area contributed by atoms with Crippen molar-refractivity contribution in [3.8, 4) is 0 Å². The van der Waals surface area contributed by atoms with Crippen LogP contribution in [0.25, 0.3) is 0 Å². The van der Waals surface area contributed by atoms with Crippen LogP contribution in [-0.2, 0) is 4.79 Å². The molecular formula is C14H15F2NO3. The fourth-order valence-electron chi connectivity index (χ4n) is 2.48. The lowest BCUT2D eigenvalue weighted by Crippen LogP contribution is -2.37. The van der Waals surface area contributed by atoms with Gasteiger partial charge in [-0.15, -0.1) is 0 Å². The van der Waals surface area contributed by atoms with Crippen LogP contribution >= 0.6 is 0 Å². The maximum atomic E-state index is 13.8. The van der Waals surface area contributed by atoms with Crippen molar-refractivity contribution >= 4 is 11.9 Å². The topological polar surface area (TPSA) is 57.6 Å². The Balaban J connectivity index is 2.26. The minimum Gasteiger partial charge on any atom is -0.481 e. The zero-order chi connectivity index (χ0) is 14.9. The van der Waals surface area contributed by atoms with Crippen molar-refractivity contribution < 1.29 is 23.5 Å². The summed E-state index contributed by atoms with van der Waals surface area (Å²) in [7, 11) is 0. The van der Waals surface area contributed by atoms with E-state index in [0.29, 0.717) is 19.4 Å². The molecule has 2 rings (SSSR count). The molecule has 1 fully saturated rings. The average Bonchev–Trinajstić information content (AvgIpc) is 2.80. The largest absolute Gasteiger partial charge is 0.481 e. The standard InChI is InChI=1S/C14H15F2NO3/c1-8-5-12(16)10(7-11(8)15)14(20)17-4-2-3-9(17)6-13(18)19/h5,7,9H,2-4,6H2,1H3,(H,18,19). The Hall–Kier alpha value is -1.98. The van der Waals surface area contributed by atoms with Crippen molar-refractivity contribution in [1.29, 1.82) is 0 Å². The highest BCUT2D eigenvalue weighted by Crippen LogP contribution is 2.24. The summed E-state index contributed by atoms with van der Waals surface area (Å²) >= 11 is 0. The van der Waals surface area contributed by atoms with E-state index in [1.807, 2.05) is 0 Å². The first-order valence-electron chi connectivity index (χ1n) is 6.38. The Morgan fingerprint density at radius 3 is 2.70 bits per heavy atom. The number of nitrogens with zero attached hydrogens (tertiary/aromatic N) is 1. The number of hydrogen-bond donors (Lipinski definition) is 1. The maximum Gasteiger partial charge on any atom is 0.305 e. The summed E-state index contributed by atoms with van der Waals surface area (Å²) in [4.78, 5) is 24.3. The summed E-state index contributed by atoms with van der Waals surface area (Å²) in [5, 5.41) is 8.81. The number of likely N-dealkylation sites (tertiary alicyclic amines) is 1. The fourth-order valence-corrected chi connectivity index (χ4v) is 2.48. The molecule has 1 saturated heterocycles. The number of carbonyl (C=O) groups is 2. The van der Waals surface area contributed by atoms with Gasteiger partial charge < -0.3 is 10.0 Å². The van der Waals surface area contributed by atoms with Gasteiger partial charge >= 0.3 is 5.97 Å². The van der Waals surface area contributed by atoms with E-state index in [9.17, 15) is 18.4 Å². The third-order valence-electron chi connectivity index (χ3n) is 3.53. The number of aryl methyl sites for hydroxylation is 1. The number of aliphatic carboxylic acids is 1. The van der Waals surface area contributed by atoms with Crippen LogP contribution in [0.4, 0.5) is 8.78 Å². The van der Waals surface area contributed by atoms with Crippen LogP contribution < -0.4 is 0 Å². The molecule has 1 unspecified atom stereocenters. The molecule has 1 aliphatic rings. The Bertz CT molecular complexity index is 560. The van der Waals surface area contributed by atoms with Gasteiger partial charge in [0.25, 0.3) is 5.91 Å². The lowest BCUT2D eigenvalue weighted by Gasteiger charge is -2.23. The van der Waals surface area contributed by atoms with Gasteiger partial charge in [0.2, 0.25) is 0 Å². The molecule has 1 aliphatic heterocycles. The lowest BCUT2D eigenvalue weighted by atomic mass is 10.1. The second kappa shape index (κ2) is 5.56. The Morgan fingerprint density at radius 2 is 2.05 bits per heavy atom. The number of amides is 1. The van der Waals surface area contributed by atoms with Crippen molar-refractivity contribution in [3.05, 3.63) is 34.9 Å². The van der Waals surface area contributed by atoms with Gasteiger partial charge in [-0.2, -0.15) is 0 Å². The molecule has 1 aromatic rings. The van der Waals surface area contributed by atoms with Gasteiger partial charge in [-0.3, -0.25) is 9.59 Å². The lowest BCUT2D eigenvalue weighted by molar-refractivity contribution is -0.137. The highest BCUT2D eigenvalue weighted by atomic mass is 19.1. The zero-order valence-corrected chi connectivity index (χ0v) is 11.0. The van der Waals surface area contributed by atoms with Crippen LogP contribution in [0, 0.1) is 18.6 Å². The first-order valence-corrected chi connectivity index (χ1v) is 6.38. The summed E-state index contributed by atoms with van der Waals surface area (Å²) in [6, 6.07) is 1.40. The van der Waals surface area contributed by atoms with E-state index in [4.69, 9.17) is 5.11 Å². The van der Waals surface area contributed by atoms with Crippen LogP contribution in [0.15, 0.2) is 12.1 Å². The fraction of sp³-hybridized carbons (Fsp3) is 0.429. The molecular weight excluding hydrogens is 268 g/mol. The van der Waals surface area contributed by atoms with Crippen molar-refractivity contribution in [2.45, 2.75) is 32.2 Å².